The van der Waals surface area contributed by atoms with E-state index in [1.54, 1.807) is 0 Å². The highest BCUT2D eigenvalue weighted by Gasteiger charge is 2.42. The Hall–Kier alpha value is -0.0800. The lowest BCUT2D eigenvalue weighted by molar-refractivity contribution is 0.0299. The molecule has 1 unspecified atom stereocenters. The third-order valence-electron chi connectivity index (χ3n) is 3.31. The molecule has 0 N–H and O–H groups in total. The Labute approximate surface area is 89.3 Å². The highest BCUT2D eigenvalue weighted by molar-refractivity contribution is 4.93. The van der Waals surface area contributed by atoms with E-state index in [0.29, 0.717) is 23.7 Å². The van der Waals surface area contributed by atoms with Gasteiger partial charge in [0.25, 0.3) is 0 Å². The van der Waals surface area contributed by atoms with Gasteiger partial charge in [-0.1, -0.05) is 20.8 Å². The van der Waals surface area contributed by atoms with Gasteiger partial charge in [-0.05, 0) is 33.2 Å². The Morgan fingerprint density at radius 1 is 1.21 bits per heavy atom. The molecule has 0 saturated carbocycles. The van der Waals surface area contributed by atoms with Crippen LogP contribution in [0.3, 0.4) is 0 Å². The van der Waals surface area contributed by atoms with E-state index < -0.39 is 0 Å². The lowest BCUT2D eigenvalue weighted by Crippen LogP contribution is -2.49. The second-order valence-corrected chi connectivity index (χ2v) is 6.04. The highest BCUT2D eigenvalue weighted by Crippen LogP contribution is 2.33. The van der Waals surface area contributed by atoms with Crippen molar-refractivity contribution in [1.29, 1.82) is 0 Å². The minimum absolute atomic E-state index is 0.337. The zero-order valence-electron chi connectivity index (χ0n) is 10.8. The Morgan fingerprint density at radius 3 is 2.00 bits per heavy atom. The molecule has 1 aliphatic heterocycles. The van der Waals surface area contributed by atoms with E-state index in [4.69, 9.17) is 0 Å². The Balaban J connectivity index is 2.87. The van der Waals surface area contributed by atoms with Crippen LogP contribution in [0.25, 0.3) is 0 Å². The fraction of sp³-hybridized carbons (Fsp3) is 1.00. The average Bonchev–Trinajstić information content (AvgIpc) is 2.27. The van der Waals surface area contributed by atoms with Gasteiger partial charge in [-0.3, -0.25) is 9.80 Å². The third kappa shape index (κ3) is 2.12. The minimum Gasteiger partial charge on any atom is -0.287 e. The average molecular weight is 198 g/mol. The molecule has 0 aromatic carbocycles. The van der Waals surface area contributed by atoms with Crippen molar-refractivity contribution < 1.29 is 0 Å². The summed E-state index contributed by atoms with van der Waals surface area (Å²) in [5.74, 6) is 0. The molecule has 0 aliphatic carbocycles. The molecule has 2 nitrogen and oxygen atoms in total. The molecule has 14 heavy (non-hydrogen) atoms. The van der Waals surface area contributed by atoms with E-state index in [0.717, 1.165) is 0 Å². The zero-order chi connectivity index (χ0) is 11.1. The van der Waals surface area contributed by atoms with Crippen LogP contribution in [0, 0.1) is 5.41 Å². The van der Waals surface area contributed by atoms with Crippen molar-refractivity contribution in [2.75, 3.05) is 13.6 Å². The van der Waals surface area contributed by atoms with Crippen LogP contribution in [0.4, 0.5) is 0 Å². The summed E-state index contributed by atoms with van der Waals surface area (Å²) in [6.45, 7) is 15.1. The maximum atomic E-state index is 2.62. The first-order valence-corrected chi connectivity index (χ1v) is 5.73. The van der Waals surface area contributed by atoms with Crippen molar-refractivity contribution in [3.63, 3.8) is 0 Å². The highest BCUT2D eigenvalue weighted by atomic mass is 15.4. The van der Waals surface area contributed by atoms with Crippen LogP contribution < -0.4 is 0 Å². The summed E-state index contributed by atoms with van der Waals surface area (Å²) in [7, 11) is 2.25. The van der Waals surface area contributed by atoms with Gasteiger partial charge in [0, 0.05) is 18.6 Å². The summed E-state index contributed by atoms with van der Waals surface area (Å²) in [5, 5.41) is 0. The number of likely N-dealkylation sites (N-methyl/N-ethyl adjacent to an activating group) is 1. The van der Waals surface area contributed by atoms with Gasteiger partial charge >= 0.3 is 0 Å². The van der Waals surface area contributed by atoms with E-state index in [2.05, 4.69) is 58.4 Å². The van der Waals surface area contributed by atoms with Gasteiger partial charge in [-0.2, -0.15) is 0 Å². The van der Waals surface area contributed by atoms with E-state index in [1.807, 2.05) is 0 Å². The maximum Gasteiger partial charge on any atom is 0.0675 e. The van der Waals surface area contributed by atoms with Crippen LogP contribution in [0.1, 0.15) is 41.5 Å². The summed E-state index contributed by atoms with van der Waals surface area (Å²) in [6.07, 6.45) is 0.581. The lowest BCUT2D eigenvalue weighted by Gasteiger charge is -2.40. The number of rotatable bonds is 1. The fourth-order valence-electron chi connectivity index (χ4n) is 2.61. The molecule has 1 rings (SSSR count). The second kappa shape index (κ2) is 3.82. The summed E-state index contributed by atoms with van der Waals surface area (Å²) < 4.78 is 0. The molecule has 1 heterocycles. The Morgan fingerprint density at radius 2 is 1.71 bits per heavy atom. The van der Waals surface area contributed by atoms with Crippen molar-refractivity contribution in [3.8, 4) is 0 Å². The van der Waals surface area contributed by atoms with Gasteiger partial charge in [-0.25, -0.2) is 0 Å². The summed E-state index contributed by atoms with van der Waals surface area (Å²) in [4.78, 5) is 5.13. The second-order valence-electron chi connectivity index (χ2n) is 6.04. The quantitative estimate of drug-likeness (QED) is 0.638. The molecular formula is C12H26N2. The van der Waals surface area contributed by atoms with E-state index in [9.17, 15) is 0 Å². The van der Waals surface area contributed by atoms with Crippen molar-refractivity contribution in [2.45, 2.75) is 59.8 Å². The van der Waals surface area contributed by atoms with Crippen molar-refractivity contribution in [1.82, 2.24) is 9.80 Å². The van der Waals surface area contributed by atoms with E-state index >= 15 is 0 Å². The van der Waals surface area contributed by atoms with Crippen LogP contribution in [0.5, 0.6) is 0 Å². The first-order valence-electron chi connectivity index (χ1n) is 5.73. The lowest BCUT2D eigenvalue weighted by atomic mass is 9.90. The molecule has 1 saturated heterocycles. The number of nitrogens with zero attached hydrogens (tertiary/aromatic N) is 2. The van der Waals surface area contributed by atoms with Crippen molar-refractivity contribution in [3.05, 3.63) is 0 Å². The molecule has 0 bridgehead atoms. The fourth-order valence-corrected chi connectivity index (χ4v) is 2.61. The SMILES string of the molecule is CC(C)N1C[C@H](C)N(C)C1C(C)(C)C. The molecule has 2 heteroatoms. The van der Waals surface area contributed by atoms with Gasteiger partial charge in [0.05, 0.1) is 6.17 Å². The predicted molar refractivity (Wildman–Crippen MR) is 62.3 cm³/mol. The largest absolute Gasteiger partial charge is 0.287 e. The molecule has 2 atom stereocenters. The number of hydrogen-bond acceptors (Lipinski definition) is 2. The normalized spacial score (nSPS) is 31.7. The molecule has 0 radical (unpaired) electrons. The van der Waals surface area contributed by atoms with Crippen LogP contribution in [0.15, 0.2) is 0 Å². The van der Waals surface area contributed by atoms with Crippen molar-refractivity contribution >= 4 is 0 Å². The molecule has 1 aliphatic rings. The predicted octanol–water partition coefficient (Wildman–Crippen LogP) is 2.40. The first-order chi connectivity index (χ1) is 6.25. The van der Waals surface area contributed by atoms with E-state index in [-0.39, 0.29) is 0 Å². The monoisotopic (exact) mass is 198 g/mol. The van der Waals surface area contributed by atoms with Gasteiger partial charge in [0.1, 0.15) is 0 Å². The van der Waals surface area contributed by atoms with Gasteiger partial charge in [0.2, 0.25) is 0 Å². The summed E-state index contributed by atoms with van der Waals surface area (Å²) >= 11 is 0. The smallest absolute Gasteiger partial charge is 0.0675 e. The van der Waals surface area contributed by atoms with Crippen LogP contribution in [0.2, 0.25) is 0 Å². The first kappa shape index (κ1) is 12.0. The Bertz CT molecular complexity index is 193. The molecule has 0 aromatic heterocycles. The van der Waals surface area contributed by atoms with Crippen LogP contribution >= 0.6 is 0 Å². The Kier molecular flexibility index (Phi) is 3.27. The van der Waals surface area contributed by atoms with Gasteiger partial charge in [-0.15, -0.1) is 0 Å². The van der Waals surface area contributed by atoms with Gasteiger partial charge < -0.3 is 0 Å². The van der Waals surface area contributed by atoms with Crippen molar-refractivity contribution in [2.24, 2.45) is 5.41 Å². The summed E-state index contributed by atoms with van der Waals surface area (Å²) in [6, 6.07) is 1.33. The number of hydrogen-bond donors (Lipinski definition) is 0. The molecule has 84 valence electrons. The maximum absolute atomic E-state index is 2.62. The van der Waals surface area contributed by atoms with E-state index in [1.165, 1.54) is 6.54 Å². The summed E-state index contributed by atoms with van der Waals surface area (Å²) in [5.41, 5.74) is 0.337. The van der Waals surface area contributed by atoms with Crippen LogP contribution in [-0.2, 0) is 0 Å². The topological polar surface area (TPSA) is 6.48 Å². The standard InChI is InChI=1S/C12H26N2/c1-9(2)14-8-10(3)13(7)11(14)12(4,5)6/h9-11H,8H2,1-7H3/t10-,11?/m0/s1. The van der Waals surface area contributed by atoms with Crippen LogP contribution in [-0.4, -0.2) is 41.6 Å². The zero-order valence-corrected chi connectivity index (χ0v) is 10.8. The molecule has 0 spiro atoms. The molecule has 1 fully saturated rings. The third-order valence-corrected chi connectivity index (χ3v) is 3.31. The molecule has 0 aromatic rings. The molecular weight excluding hydrogens is 172 g/mol. The van der Waals surface area contributed by atoms with Gasteiger partial charge in [0.15, 0.2) is 0 Å². The molecule has 0 amide bonds. The minimum atomic E-state index is 0.337.